The second-order valence-corrected chi connectivity index (χ2v) is 8.59. The zero-order valence-corrected chi connectivity index (χ0v) is 19.2. The second kappa shape index (κ2) is 10.1. The standard InChI is InChI=1S/C27H29N5O2/c1-2-23-20-31(18-21-9-5-3-6-10-21)26(33)24-17-28-27(30-13-15-34-16-14-30)29-25(24)32(23)19-22-11-7-4-8-12-22/h2-12,17,23H,1,13-16,18-20H2/t23-/m1/s1. The van der Waals surface area contributed by atoms with Gasteiger partial charge in [-0.1, -0.05) is 66.7 Å². The van der Waals surface area contributed by atoms with E-state index in [4.69, 9.17) is 9.72 Å². The molecule has 174 valence electrons. The van der Waals surface area contributed by atoms with Gasteiger partial charge >= 0.3 is 0 Å². The van der Waals surface area contributed by atoms with E-state index in [-0.39, 0.29) is 11.9 Å². The van der Waals surface area contributed by atoms with Gasteiger partial charge in [0, 0.05) is 38.9 Å². The van der Waals surface area contributed by atoms with E-state index in [2.05, 4.69) is 33.5 Å². The fourth-order valence-electron chi connectivity index (χ4n) is 4.50. The summed E-state index contributed by atoms with van der Waals surface area (Å²) in [4.78, 5) is 29.5. The summed E-state index contributed by atoms with van der Waals surface area (Å²) in [5, 5.41) is 0. The molecule has 7 nitrogen and oxygen atoms in total. The number of amides is 1. The summed E-state index contributed by atoms with van der Waals surface area (Å²) in [5.41, 5.74) is 2.76. The van der Waals surface area contributed by atoms with E-state index < -0.39 is 0 Å². The Hall–Kier alpha value is -3.71. The first kappa shape index (κ1) is 22.1. The molecule has 7 heteroatoms. The van der Waals surface area contributed by atoms with Crippen molar-refractivity contribution in [1.29, 1.82) is 0 Å². The van der Waals surface area contributed by atoms with Crippen molar-refractivity contribution in [3.05, 3.63) is 96.2 Å². The van der Waals surface area contributed by atoms with Gasteiger partial charge in [-0.2, -0.15) is 4.98 Å². The number of hydrogen-bond acceptors (Lipinski definition) is 6. The van der Waals surface area contributed by atoms with E-state index in [9.17, 15) is 4.79 Å². The molecule has 0 unspecified atom stereocenters. The van der Waals surface area contributed by atoms with Crippen LogP contribution < -0.4 is 9.80 Å². The van der Waals surface area contributed by atoms with Gasteiger partial charge in [-0.15, -0.1) is 6.58 Å². The van der Waals surface area contributed by atoms with Gasteiger partial charge in [0.15, 0.2) is 0 Å². The van der Waals surface area contributed by atoms with E-state index in [1.165, 1.54) is 0 Å². The molecule has 1 aromatic heterocycles. The maximum absolute atomic E-state index is 13.7. The van der Waals surface area contributed by atoms with Crippen molar-refractivity contribution in [1.82, 2.24) is 14.9 Å². The maximum Gasteiger partial charge on any atom is 0.259 e. The van der Waals surface area contributed by atoms with E-state index in [0.717, 1.165) is 24.2 Å². The van der Waals surface area contributed by atoms with Crippen LogP contribution in [-0.4, -0.2) is 59.7 Å². The molecule has 5 rings (SSSR count). The largest absolute Gasteiger partial charge is 0.378 e. The van der Waals surface area contributed by atoms with Gasteiger partial charge in [0.2, 0.25) is 5.95 Å². The monoisotopic (exact) mass is 455 g/mol. The van der Waals surface area contributed by atoms with Crippen LogP contribution in [0.4, 0.5) is 11.8 Å². The molecule has 0 saturated carbocycles. The van der Waals surface area contributed by atoms with Gasteiger partial charge in [-0.25, -0.2) is 4.98 Å². The third kappa shape index (κ3) is 4.65. The number of ether oxygens (including phenoxy) is 1. The van der Waals surface area contributed by atoms with Crippen LogP contribution in [0.3, 0.4) is 0 Å². The van der Waals surface area contributed by atoms with Gasteiger partial charge < -0.3 is 19.4 Å². The third-order valence-electron chi connectivity index (χ3n) is 6.33. The Labute approximate surface area is 200 Å². The molecule has 0 bridgehead atoms. The fourth-order valence-corrected chi connectivity index (χ4v) is 4.50. The molecule has 1 fully saturated rings. The Balaban J connectivity index is 1.56. The summed E-state index contributed by atoms with van der Waals surface area (Å²) < 4.78 is 5.49. The minimum atomic E-state index is -0.0958. The molecule has 0 N–H and O–H groups in total. The van der Waals surface area contributed by atoms with Gasteiger partial charge in [-0.05, 0) is 11.1 Å². The second-order valence-electron chi connectivity index (χ2n) is 8.59. The highest BCUT2D eigenvalue weighted by Gasteiger charge is 2.34. The van der Waals surface area contributed by atoms with Crippen LogP contribution in [0.15, 0.2) is 79.5 Å². The van der Waals surface area contributed by atoms with Crippen LogP contribution in [0, 0.1) is 0 Å². The lowest BCUT2D eigenvalue weighted by Crippen LogP contribution is -2.41. The quantitative estimate of drug-likeness (QED) is 0.530. The zero-order chi connectivity index (χ0) is 23.3. The third-order valence-corrected chi connectivity index (χ3v) is 6.33. The summed E-state index contributed by atoms with van der Waals surface area (Å²) in [7, 11) is 0. The molecular weight excluding hydrogens is 426 g/mol. The molecule has 2 aromatic carbocycles. The molecule has 0 spiro atoms. The van der Waals surface area contributed by atoms with E-state index in [1.807, 2.05) is 59.5 Å². The first-order chi connectivity index (χ1) is 16.7. The summed E-state index contributed by atoms with van der Waals surface area (Å²) in [5.74, 6) is 1.23. The molecule has 2 aliphatic heterocycles. The number of carbonyl (C=O) groups excluding carboxylic acids is 1. The molecule has 1 saturated heterocycles. The minimum absolute atomic E-state index is 0.0604. The summed E-state index contributed by atoms with van der Waals surface area (Å²) in [6.07, 6.45) is 3.61. The van der Waals surface area contributed by atoms with Gasteiger partial charge in [0.05, 0.1) is 19.3 Å². The predicted molar refractivity (Wildman–Crippen MR) is 133 cm³/mol. The predicted octanol–water partition coefficient (Wildman–Crippen LogP) is 3.53. The Bertz CT molecular complexity index is 1130. The van der Waals surface area contributed by atoms with Crippen LogP contribution in [0.1, 0.15) is 21.5 Å². The van der Waals surface area contributed by atoms with E-state index in [1.54, 1.807) is 6.20 Å². The molecule has 1 atom stereocenters. The lowest BCUT2D eigenvalue weighted by molar-refractivity contribution is 0.0746. The number of fused-ring (bicyclic) bond motifs is 1. The normalized spacial score (nSPS) is 18.4. The number of rotatable bonds is 6. The van der Waals surface area contributed by atoms with Crippen molar-refractivity contribution in [2.45, 2.75) is 19.1 Å². The smallest absolute Gasteiger partial charge is 0.259 e. The van der Waals surface area contributed by atoms with Crippen LogP contribution in [0.5, 0.6) is 0 Å². The molecular formula is C27H29N5O2. The van der Waals surface area contributed by atoms with Crippen molar-refractivity contribution in [2.24, 2.45) is 0 Å². The average molecular weight is 456 g/mol. The molecule has 0 radical (unpaired) electrons. The molecule has 1 amide bonds. The molecule has 3 heterocycles. The maximum atomic E-state index is 13.7. The Morgan fingerprint density at radius 2 is 1.62 bits per heavy atom. The number of benzene rings is 2. The topological polar surface area (TPSA) is 61.8 Å². The highest BCUT2D eigenvalue weighted by Crippen LogP contribution is 2.30. The van der Waals surface area contributed by atoms with Crippen molar-refractivity contribution in [3.8, 4) is 0 Å². The Morgan fingerprint density at radius 1 is 0.971 bits per heavy atom. The van der Waals surface area contributed by atoms with Crippen molar-refractivity contribution >= 4 is 17.7 Å². The molecule has 0 aliphatic carbocycles. The van der Waals surface area contributed by atoms with E-state index in [0.29, 0.717) is 50.2 Å². The van der Waals surface area contributed by atoms with Crippen molar-refractivity contribution in [2.75, 3.05) is 42.6 Å². The summed E-state index contributed by atoms with van der Waals surface area (Å²) in [6, 6.07) is 20.2. The lowest BCUT2D eigenvalue weighted by Gasteiger charge is -2.32. The molecule has 2 aliphatic rings. The lowest BCUT2D eigenvalue weighted by atomic mass is 10.1. The zero-order valence-electron chi connectivity index (χ0n) is 19.2. The SMILES string of the molecule is C=C[C@@H]1CN(Cc2ccccc2)C(=O)c2cnc(N3CCOCC3)nc2N1Cc1ccccc1. The average Bonchev–Trinajstić information content (AvgIpc) is 3.00. The number of aromatic nitrogens is 2. The first-order valence-electron chi connectivity index (χ1n) is 11.7. The first-order valence-corrected chi connectivity index (χ1v) is 11.7. The Morgan fingerprint density at radius 3 is 2.26 bits per heavy atom. The number of nitrogens with zero attached hydrogens (tertiary/aromatic N) is 5. The highest BCUT2D eigenvalue weighted by atomic mass is 16.5. The molecule has 34 heavy (non-hydrogen) atoms. The highest BCUT2D eigenvalue weighted by molar-refractivity contribution is 5.99. The van der Waals surface area contributed by atoms with Crippen LogP contribution >= 0.6 is 0 Å². The van der Waals surface area contributed by atoms with Gasteiger partial charge in [0.25, 0.3) is 5.91 Å². The summed E-state index contributed by atoms with van der Waals surface area (Å²) in [6.45, 7) is 8.54. The van der Waals surface area contributed by atoms with Gasteiger partial charge in [-0.3, -0.25) is 4.79 Å². The molecule has 3 aromatic rings. The van der Waals surface area contributed by atoms with Crippen molar-refractivity contribution in [3.63, 3.8) is 0 Å². The van der Waals surface area contributed by atoms with Crippen LogP contribution in [0.2, 0.25) is 0 Å². The van der Waals surface area contributed by atoms with Crippen LogP contribution in [0.25, 0.3) is 0 Å². The Kier molecular flexibility index (Phi) is 6.53. The van der Waals surface area contributed by atoms with E-state index >= 15 is 0 Å². The number of hydrogen-bond donors (Lipinski definition) is 0. The summed E-state index contributed by atoms with van der Waals surface area (Å²) >= 11 is 0. The minimum Gasteiger partial charge on any atom is -0.378 e. The number of carbonyl (C=O) groups is 1. The van der Waals surface area contributed by atoms with Gasteiger partial charge in [0.1, 0.15) is 11.4 Å². The van der Waals surface area contributed by atoms with Crippen LogP contribution in [-0.2, 0) is 17.8 Å². The fraction of sp³-hybridized carbons (Fsp3) is 0.296. The number of anilines is 2. The van der Waals surface area contributed by atoms with Crippen molar-refractivity contribution < 1.29 is 9.53 Å². The number of morpholine rings is 1.